The van der Waals surface area contributed by atoms with Crippen molar-refractivity contribution in [1.29, 1.82) is 0 Å². The van der Waals surface area contributed by atoms with Gasteiger partial charge in [-0.25, -0.2) is 0 Å². The second kappa shape index (κ2) is 22.4. The maximum Gasteiger partial charge on any atom is 0.305 e. The lowest BCUT2D eigenvalue weighted by atomic mass is 10.1. The van der Waals surface area contributed by atoms with Gasteiger partial charge in [-0.3, -0.25) is 4.79 Å². The molecule has 0 aromatic heterocycles. The van der Waals surface area contributed by atoms with Gasteiger partial charge in [0, 0.05) is 25.7 Å². The summed E-state index contributed by atoms with van der Waals surface area (Å²) in [7, 11) is 1.42. The second-order valence-electron chi connectivity index (χ2n) is 7.84. The summed E-state index contributed by atoms with van der Waals surface area (Å²) < 4.78 is 27.0. The number of hydrogen-bond donors (Lipinski definition) is 1. The Morgan fingerprint density at radius 2 is 1.24 bits per heavy atom. The predicted octanol–water partition coefficient (Wildman–Crippen LogP) is 4.85. The molecule has 0 saturated carbocycles. The van der Waals surface area contributed by atoms with Crippen molar-refractivity contribution >= 4 is 18.4 Å². The largest absolute Gasteiger partial charge is 0.494 e. The summed E-state index contributed by atoms with van der Waals surface area (Å²) in [6, 6.07) is 8.06. The molecule has 0 unspecified atom stereocenters. The maximum absolute atomic E-state index is 11.0. The molecule has 0 radical (unpaired) electrons. The average molecular weight is 490 g/mol. The van der Waals surface area contributed by atoms with Crippen LogP contribution < -0.4 is 10.5 Å². The van der Waals surface area contributed by atoms with Gasteiger partial charge in [-0.1, -0.05) is 25.0 Å². The highest BCUT2D eigenvalue weighted by Gasteiger charge is 2.00. The standard InChI is InChI=1S/C25H43NO6.ClH/c1-22(26)23-11-13-24(14-12-23)32-17-9-4-3-7-15-29-18-20-31-21-19-30-16-8-5-6-10-25(27)28-2;/h11-14,22H,3-10,15-21,26H2,1-2H3;1H/t22-;/m1./s1. The van der Waals surface area contributed by atoms with Crippen LogP contribution in [0.25, 0.3) is 0 Å². The molecular weight excluding hydrogens is 446 g/mol. The fourth-order valence-corrected chi connectivity index (χ4v) is 3.01. The summed E-state index contributed by atoms with van der Waals surface area (Å²) in [5, 5.41) is 0. The van der Waals surface area contributed by atoms with E-state index in [1.165, 1.54) is 7.11 Å². The van der Waals surface area contributed by atoms with E-state index >= 15 is 0 Å². The number of esters is 1. The third kappa shape index (κ3) is 18.7. The zero-order valence-corrected chi connectivity index (χ0v) is 21.2. The molecule has 2 N–H and O–H groups in total. The Labute approximate surface area is 206 Å². The first-order valence-corrected chi connectivity index (χ1v) is 11.9. The van der Waals surface area contributed by atoms with Gasteiger partial charge in [0.05, 0.1) is 40.1 Å². The van der Waals surface area contributed by atoms with Gasteiger partial charge in [-0.2, -0.15) is 0 Å². The fourth-order valence-electron chi connectivity index (χ4n) is 3.01. The molecular formula is C25H44ClNO6. The lowest BCUT2D eigenvalue weighted by molar-refractivity contribution is -0.140. The van der Waals surface area contributed by atoms with E-state index < -0.39 is 0 Å². The molecule has 192 valence electrons. The number of carbonyl (C=O) groups is 1. The topological polar surface area (TPSA) is 89.2 Å². The van der Waals surface area contributed by atoms with Crippen molar-refractivity contribution < 1.29 is 28.5 Å². The van der Waals surface area contributed by atoms with Crippen LogP contribution in [0.1, 0.15) is 69.9 Å². The van der Waals surface area contributed by atoms with Gasteiger partial charge in [-0.15, -0.1) is 12.4 Å². The van der Waals surface area contributed by atoms with Crippen LogP contribution >= 0.6 is 12.4 Å². The van der Waals surface area contributed by atoms with Gasteiger partial charge in [0.1, 0.15) is 5.75 Å². The first-order valence-electron chi connectivity index (χ1n) is 11.9. The average Bonchev–Trinajstić information content (AvgIpc) is 2.80. The van der Waals surface area contributed by atoms with E-state index in [4.69, 9.17) is 24.7 Å². The van der Waals surface area contributed by atoms with Crippen LogP contribution in [0.4, 0.5) is 0 Å². The minimum atomic E-state index is -0.146. The SMILES string of the molecule is COC(=O)CCCCCOCCOCCOCCCCCCOc1ccc([C@@H](C)N)cc1.Cl. The molecule has 7 nitrogen and oxygen atoms in total. The summed E-state index contributed by atoms with van der Waals surface area (Å²) in [4.78, 5) is 11.0. The van der Waals surface area contributed by atoms with Gasteiger partial charge in [0.25, 0.3) is 0 Å². The van der Waals surface area contributed by atoms with E-state index in [2.05, 4.69) is 4.74 Å². The van der Waals surface area contributed by atoms with Crippen LogP contribution in [0.15, 0.2) is 24.3 Å². The predicted molar refractivity (Wildman–Crippen MR) is 133 cm³/mol. The van der Waals surface area contributed by atoms with E-state index in [1.807, 2.05) is 31.2 Å². The molecule has 33 heavy (non-hydrogen) atoms. The second-order valence-corrected chi connectivity index (χ2v) is 7.84. The number of ether oxygens (including phenoxy) is 5. The minimum absolute atomic E-state index is 0. The van der Waals surface area contributed by atoms with Crippen molar-refractivity contribution in [3.8, 4) is 5.75 Å². The van der Waals surface area contributed by atoms with Crippen LogP contribution in [-0.4, -0.2) is 59.3 Å². The van der Waals surface area contributed by atoms with E-state index in [0.29, 0.717) is 39.5 Å². The minimum Gasteiger partial charge on any atom is -0.494 e. The summed E-state index contributed by atoms with van der Waals surface area (Å²) in [5.74, 6) is 0.755. The van der Waals surface area contributed by atoms with E-state index in [-0.39, 0.29) is 24.4 Å². The molecule has 0 bridgehead atoms. The molecule has 1 atom stereocenters. The van der Waals surface area contributed by atoms with Crippen molar-refractivity contribution in [3.05, 3.63) is 29.8 Å². The Kier molecular flexibility index (Phi) is 21.5. The highest BCUT2D eigenvalue weighted by atomic mass is 35.5. The molecule has 0 aliphatic carbocycles. The van der Waals surface area contributed by atoms with Crippen molar-refractivity contribution in [1.82, 2.24) is 0 Å². The van der Waals surface area contributed by atoms with E-state index in [1.54, 1.807) is 0 Å². The van der Waals surface area contributed by atoms with Gasteiger partial charge in [-0.05, 0) is 56.7 Å². The molecule has 0 fully saturated rings. The number of methoxy groups -OCH3 is 1. The molecule has 8 heteroatoms. The van der Waals surface area contributed by atoms with Gasteiger partial charge in [0.15, 0.2) is 0 Å². The Balaban J connectivity index is 0.0000102. The van der Waals surface area contributed by atoms with Gasteiger partial charge < -0.3 is 29.4 Å². The lowest BCUT2D eigenvalue weighted by Crippen LogP contribution is -2.10. The van der Waals surface area contributed by atoms with Gasteiger partial charge in [0.2, 0.25) is 0 Å². The van der Waals surface area contributed by atoms with Gasteiger partial charge >= 0.3 is 5.97 Å². The van der Waals surface area contributed by atoms with Crippen LogP contribution in [0.3, 0.4) is 0 Å². The number of benzene rings is 1. The summed E-state index contributed by atoms with van der Waals surface area (Å²) in [5.41, 5.74) is 6.97. The monoisotopic (exact) mass is 489 g/mol. The molecule has 0 aliphatic rings. The van der Waals surface area contributed by atoms with Crippen LogP contribution in [-0.2, 0) is 23.7 Å². The summed E-state index contributed by atoms with van der Waals surface area (Å²) in [6.07, 6.45) is 7.64. The summed E-state index contributed by atoms with van der Waals surface area (Å²) >= 11 is 0. The molecule has 1 aromatic rings. The molecule has 0 amide bonds. The molecule has 0 saturated heterocycles. The Bertz CT molecular complexity index is 571. The quantitative estimate of drug-likeness (QED) is 0.195. The van der Waals surface area contributed by atoms with Crippen LogP contribution in [0, 0.1) is 0 Å². The Morgan fingerprint density at radius 3 is 1.76 bits per heavy atom. The molecule has 0 aliphatic heterocycles. The van der Waals surface area contributed by atoms with Crippen molar-refractivity contribution in [2.45, 2.75) is 64.3 Å². The molecule has 0 spiro atoms. The highest BCUT2D eigenvalue weighted by molar-refractivity contribution is 5.85. The smallest absolute Gasteiger partial charge is 0.305 e. The normalized spacial score (nSPS) is 11.6. The first kappa shape index (κ1) is 31.6. The van der Waals surface area contributed by atoms with Crippen LogP contribution in [0.2, 0.25) is 0 Å². The number of rotatable bonds is 21. The van der Waals surface area contributed by atoms with Crippen molar-refractivity contribution in [2.24, 2.45) is 5.73 Å². The van der Waals surface area contributed by atoms with E-state index in [0.717, 1.165) is 69.5 Å². The lowest BCUT2D eigenvalue weighted by Gasteiger charge is -2.09. The zero-order valence-electron chi connectivity index (χ0n) is 20.4. The Morgan fingerprint density at radius 1 is 0.758 bits per heavy atom. The number of hydrogen-bond acceptors (Lipinski definition) is 7. The van der Waals surface area contributed by atoms with Crippen LogP contribution in [0.5, 0.6) is 5.75 Å². The third-order valence-electron chi connectivity index (χ3n) is 5.00. The van der Waals surface area contributed by atoms with E-state index in [9.17, 15) is 4.79 Å². The fraction of sp³-hybridized carbons (Fsp3) is 0.720. The van der Waals surface area contributed by atoms with Crippen molar-refractivity contribution in [2.75, 3.05) is 53.4 Å². The first-order chi connectivity index (χ1) is 15.6. The number of carbonyl (C=O) groups excluding carboxylic acids is 1. The molecule has 1 rings (SSSR count). The Hall–Kier alpha value is -1.38. The zero-order chi connectivity index (χ0) is 23.3. The number of unbranched alkanes of at least 4 members (excludes halogenated alkanes) is 5. The third-order valence-corrected chi connectivity index (χ3v) is 5.00. The molecule has 1 aromatic carbocycles. The van der Waals surface area contributed by atoms with Crippen molar-refractivity contribution in [3.63, 3.8) is 0 Å². The number of halogens is 1. The summed E-state index contributed by atoms with van der Waals surface area (Å²) in [6.45, 7) is 6.57. The highest BCUT2D eigenvalue weighted by Crippen LogP contribution is 2.16. The number of nitrogens with two attached hydrogens (primary N) is 1. The maximum atomic E-state index is 11.0. The molecule has 0 heterocycles.